The Morgan fingerprint density at radius 2 is 2.00 bits per heavy atom. The van der Waals surface area contributed by atoms with Crippen LogP contribution in [0, 0.1) is 6.92 Å². The molecule has 130 valence electrons. The molecule has 7 heteroatoms. The van der Waals surface area contributed by atoms with Crippen LogP contribution in [0.4, 0.5) is 0 Å². The number of nitrogens with one attached hydrogen (secondary N) is 3. The first kappa shape index (κ1) is 18.1. The molecule has 0 unspecified atom stereocenters. The van der Waals surface area contributed by atoms with Crippen LogP contribution in [0.1, 0.15) is 43.8 Å². The fourth-order valence-electron chi connectivity index (χ4n) is 2.22. The van der Waals surface area contributed by atoms with Crippen molar-refractivity contribution >= 4 is 34.2 Å². The van der Waals surface area contributed by atoms with E-state index in [0.29, 0.717) is 17.3 Å². The SMILES string of the molecule is CCOc1ccc2oc(C(=O)NNC(=S)NC(C)(C)C)c(C)c2c1. The van der Waals surface area contributed by atoms with Crippen molar-refractivity contribution in [3.05, 3.63) is 29.5 Å². The van der Waals surface area contributed by atoms with Crippen LogP contribution >= 0.6 is 12.2 Å². The molecule has 24 heavy (non-hydrogen) atoms. The molecular weight excluding hydrogens is 326 g/mol. The molecule has 1 aromatic carbocycles. The van der Waals surface area contributed by atoms with Crippen LogP contribution in [0.2, 0.25) is 0 Å². The summed E-state index contributed by atoms with van der Waals surface area (Å²) in [6.45, 7) is 10.3. The van der Waals surface area contributed by atoms with E-state index in [1.165, 1.54) is 0 Å². The molecule has 3 N–H and O–H groups in total. The van der Waals surface area contributed by atoms with Gasteiger partial charge in [-0.1, -0.05) is 0 Å². The molecule has 0 atom stereocenters. The fourth-order valence-corrected chi connectivity index (χ4v) is 2.57. The Balaban J connectivity index is 2.12. The molecule has 2 aromatic rings. The molecule has 6 nitrogen and oxygen atoms in total. The molecule has 0 spiro atoms. The normalized spacial score (nSPS) is 11.2. The molecule has 0 aliphatic rings. The van der Waals surface area contributed by atoms with E-state index in [2.05, 4.69) is 16.2 Å². The molecule has 0 saturated carbocycles. The number of benzene rings is 1. The van der Waals surface area contributed by atoms with E-state index in [0.717, 1.165) is 16.7 Å². The molecule has 0 aliphatic carbocycles. The summed E-state index contributed by atoms with van der Waals surface area (Å²) < 4.78 is 11.1. The highest BCUT2D eigenvalue weighted by Crippen LogP contribution is 2.28. The van der Waals surface area contributed by atoms with Crippen molar-refractivity contribution in [3.63, 3.8) is 0 Å². The van der Waals surface area contributed by atoms with Crippen LogP contribution < -0.4 is 20.9 Å². The van der Waals surface area contributed by atoms with Crippen LogP contribution in [-0.4, -0.2) is 23.2 Å². The van der Waals surface area contributed by atoms with Crippen LogP contribution in [0.25, 0.3) is 11.0 Å². The molecule has 0 radical (unpaired) electrons. The zero-order valence-electron chi connectivity index (χ0n) is 14.6. The number of hydrogen-bond acceptors (Lipinski definition) is 4. The van der Waals surface area contributed by atoms with Crippen molar-refractivity contribution < 1.29 is 13.9 Å². The summed E-state index contributed by atoms with van der Waals surface area (Å²) >= 11 is 5.13. The van der Waals surface area contributed by atoms with Crippen LogP contribution in [0.15, 0.2) is 22.6 Å². The number of amides is 1. The number of hydrazine groups is 1. The van der Waals surface area contributed by atoms with Gasteiger partial charge in [-0.05, 0) is 65.0 Å². The van der Waals surface area contributed by atoms with Gasteiger partial charge in [0, 0.05) is 16.5 Å². The molecule has 2 rings (SSSR count). The summed E-state index contributed by atoms with van der Waals surface area (Å²) in [6.07, 6.45) is 0. The average molecular weight is 349 g/mol. The zero-order valence-corrected chi connectivity index (χ0v) is 15.4. The van der Waals surface area contributed by atoms with E-state index < -0.39 is 0 Å². The van der Waals surface area contributed by atoms with E-state index in [-0.39, 0.29) is 17.2 Å². The maximum absolute atomic E-state index is 12.3. The number of fused-ring (bicyclic) bond motifs is 1. The number of rotatable bonds is 3. The molecule has 1 aromatic heterocycles. The summed E-state index contributed by atoms with van der Waals surface area (Å²) in [5.74, 6) is 0.596. The van der Waals surface area contributed by atoms with E-state index in [1.54, 1.807) is 6.07 Å². The van der Waals surface area contributed by atoms with Crippen LogP contribution in [0.3, 0.4) is 0 Å². The highest BCUT2D eigenvalue weighted by molar-refractivity contribution is 7.80. The third-order valence-electron chi connectivity index (χ3n) is 3.20. The fraction of sp³-hybridized carbons (Fsp3) is 0.412. The third kappa shape index (κ3) is 4.38. The van der Waals surface area contributed by atoms with E-state index in [9.17, 15) is 4.79 Å². The van der Waals surface area contributed by atoms with Gasteiger partial charge in [0.25, 0.3) is 0 Å². The Hall–Kier alpha value is -2.28. The lowest BCUT2D eigenvalue weighted by Crippen LogP contribution is -2.52. The van der Waals surface area contributed by atoms with Gasteiger partial charge in [0.05, 0.1) is 6.61 Å². The van der Waals surface area contributed by atoms with Crippen molar-refractivity contribution in [1.82, 2.24) is 16.2 Å². The zero-order chi connectivity index (χ0) is 17.9. The standard InChI is InChI=1S/C17H23N3O3S/c1-6-22-11-7-8-13-12(9-11)10(2)14(23-13)15(21)19-20-16(24)18-17(3,4)5/h7-9H,6H2,1-5H3,(H,19,21)(H2,18,20,24). The van der Waals surface area contributed by atoms with E-state index in [4.69, 9.17) is 21.4 Å². The Morgan fingerprint density at radius 1 is 1.29 bits per heavy atom. The lowest BCUT2D eigenvalue weighted by Gasteiger charge is -2.22. The third-order valence-corrected chi connectivity index (χ3v) is 3.41. The molecule has 0 bridgehead atoms. The first-order valence-electron chi connectivity index (χ1n) is 7.75. The monoisotopic (exact) mass is 349 g/mol. The van der Waals surface area contributed by atoms with E-state index >= 15 is 0 Å². The van der Waals surface area contributed by atoms with Crippen LogP contribution in [0.5, 0.6) is 5.75 Å². The maximum Gasteiger partial charge on any atom is 0.305 e. The number of thiocarbonyl (C=S) groups is 1. The molecule has 1 heterocycles. The predicted molar refractivity (Wildman–Crippen MR) is 98.2 cm³/mol. The highest BCUT2D eigenvalue weighted by Gasteiger charge is 2.19. The van der Waals surface area contributed by atoms with E-state index in [1.807, 2.05) is 46.8 Å². The van der Waals surface area contributed by atoms with Gasteiger partial charge in [0.2, 0.25) is 0 Å². The number of ether oxygens (including phenoxy) is 1. The first-order valence-corrected chi connectivity index (χ1v) is 8.16. The lowest BCUT2D eigenvalue weighted by molar-refractivity contribution is 0.0916. The molecular formula is C17H23N3O3S. The summed E-state index contributed by atoms with van der Waals surface area (Å²) in [7, 11) is 0. The van der Waals surface area contributed by atoms with Gasteiger partial charge in [0.15, 0.2) is 10.9 Å². The summed E-state index contributed by atoms with van der Waals surface area (Å²) in [6, 6.07) is 5.48. The number of furan rings is 1. The number of hydrogen-bond donors (Lipinski definition) is 3. The second kappa shape index (κ2) is 7.09. The van der Waals surface area contributed by atoms with Gasteiger partial charge in [-0.3, -0.25) is 15.6 Å². The van der Waals surface area contributed by atoms with Gasteiger partial charge in [-0.15, -0.1) is 0 Å². The van der Waals surface area contributed by atoms with Gasteiger partial charge < -0.3 is 14.5 Å². The van der Waals surface area contributed by atoms with Crippen molar-refractivity contribution in [2.75, 3.05) is 6.61 Å². The highest BCUT2D eigenvalue weighted by atomic mass is 32.1. The topological polar surface area (TPSA) is 75.5 Å². The Labute approximate surface area is 146 Å². The van der Waals surface area contributed by atoms with Crippen molar-refractivity contribution in [2.45, 2.75) is 40.2 Å². The first-order chi connectivity index (χ1) is 11.2. The average Bonchev–Trinajstić information content (AvgIpc) is 2.81. The maximum atomic E-state index is 12.3. The van der Waals surface area contributed by atoms with Gasteiger partial charge >= 0.3 is 5.91 Å². The molecule has 0 fully saturated rings. The Bertz CT molecular complexity index is 762. The Kier molecular flexibility index (Phi) is 5.33. The number of carbonyl (C=O) groups is 1. The largest absolute Gasteiger partial charge is 0.494 e. The number of carbonyl (C=O) groups excluding carboxylic acids is 1. The smallest absolute Gasteiger partial charge is 0.305 e. The Morgan fingerprint density at radius 3 is 2.62 bits per heavy atom. The van der Waals surface area contributed by atoms with Crippen molar-refractivity contribution in [3.8, 4) is 5.75 Å². The van der Waals surface area contributed by atoms with Crippen LogP contribution in [-0.2, 0) is 0 Å². The molecule has 0 aliphatic heterocycles. The van der Waals surface area contributed by atoms with Gasteiger partial charge in [0.1, 0.15) is 11.3 Å². The van der Waals surface area contributed by atoms with Crippen molar-refractivity contribution in [2.24, 2.45) is 0 Å². The second-order valence-corrected chi connectivity index (χ2v) is 6.84. The minimum atomic E-state index is -0.389. The quantitative estimate of drug-likeness (QED) is 0.584. The predicted octanol–water partition coefficient (Wildman–Crippen LogP) is 3.05. The minimum Gasteiger partial charge on any atom is -0.494 e. The van der Waals surface area contributed by atoms with Crippen molar-refractivity contribution in [1.29, 1.82) is 0 Å². The number of aryl methyl sites for hydroxylation is 1. The second-order valence-electron chi connectivity index (χ2n) is 6.43. The van der Waals surface area contributed by atoms with Gasteiger partial charge in [-0.25, -0.2) is 0 Å². The molecule has 1 amide bonds. The summed E-state index contributed by atoms with van der Waals surface area (Å²) in [5.41, 5.74) is 6.41. The minimum absolute atomic E-state index is 0.195. The summed E-state index contributed by atoms with van der Waals surface area (Å²) in [5, 5.41) is 4.23. The molecule has 0 saturated heterocycles. The van der Waals surface area contributed by atoms with Gasteiger partial charge in [-0.2, -0.15) is 0 Å². The summed E-state index contributed by atoms with van der Waals surface area (Å²) in [4.78, 5) is 12.3. The lowest BCUT2D eigenvalue weighted by atomic mass is 10.1.